The lowest BCUT2D eigenvalue weighted by atomic mass is 9.85. The van der Waals surface area contributed by atoms with Crippen LogP contribution in [0.5, 0.6) is 0 Å². The number of allylic oxidation sites excluding steroid dienone is 2. The third kappa shape index (κ3) is 36.1. The first kappa shape index (κ1) is 67.1. The summed E-state index contributed by atoms with van der Waals surface area (Å²) in [5.41, 5.74) is 0. The van der Waals surface area contributed by atoms with Gasteiger partial charge in [-0.3, -0.25) is 13.8 Å². The highest BCUT2D eigenvalue weighted by atomic mass is 31.2. The molecule has 1 aliphatic rings. The number of amides is 1. The van der Waals surface area contributed by atoms with Crippen molar-refractivity contribution in [1.29, 1.82) is 0 Å². The van der Waals surface area contributed by atoms with E-state index in [1.807, 2.05) is 0 Å². The Morgan fingerprint density at radius 1 is 0.486 bits per heavy atom. The Labute approximate surface area is 427 Å². The van der Waals surface area contributed by atoms with Gasteiger partial charge in [-0.1, -0.05) is 244 Å². The smallest absolute Gasteiger partial charge is 0.393 e. The van der Waals surface area contributed by atoms with Gasteiger partial charge in [0.15, 0.2) is 0 Å². The first-order chi connectivity index (χ1) is 33.8. The molecular weight excluding hydrogens is 910 g/mol. The topological polar surface area (TPSA) is 226 Å². The van der Waals surface area contributed by atoms with E-state index in [0.717, 1.165) is 70.6 Å². The molecule has 416 valence electrons. The molecule has 0 heterocycles. The van der Waals surface area contributed by atoms with Crippen LogP contribution in [0.15, 0.2) is 12.2 Å². The van der Waals surface area contributed by atoms with Crippen molar-refractivity contribution in [1.82, 2.24) is 5.32 Å². The third-order valence-corrected chi connectivity index (χ3v) is 15.4. The number of aliphatic hydroxyl groups is 7. The van der Waals surface area contributed by atoms with E-state index in [0.29, 0.717) is 12.8 Å². The van der Waals surface area contributed by atoms with Crippen LogP contribution < -0.4 is 5.32 Å². The minimum atomic E-state index is -5.13. The molecule has 0 saturated heterocycles. The maximum atomic E-state index is 13.1. The van der Waals surface area contributed by atoms with E-state index in [9.17, 15) is 50.0 Å². The fourth-order valence-electron chi connectivity index (χ4n) is 9.66. The van der Waals surface area contributed by atoms with Crippen molar-refractivity contribution in [3.05, 3.63) is 12.2 Å². The minimum absolute atomic E-state index is 0.224. The van der Waals surface area contributed by atoms with Crippen LogP contribution in [0.3, 0.4) is 0 Å². The number of unbranched alkanes of at least 4 members (excludes halogenated alkanes) is 35. The van der Waals surface area contributed by atoms with Gasteiger partial charge in [0.2, 0.25) is 5.91 Å². The van der Waals surface area contributed by atoms with Crippen molar-refractivity contribution in [2.45, 2.75) is 332 Å². The lowest BCUT2D eigenvalue weighted by Crippen LogP contribution is -2.64. The molecule has 13 nitrogen and oxygen atoms in total. The summed E-state index contributed by atoms with van der Waals surface area (Å²) in [7, 11) is -5.13. The molecule has 0 aromatic carbocycles. The first-order valence-corrected chi connectivity index (χ1v) is 30.7. The SMILES string of the molecule is CCCCCCCCCCCC/C=C\CCCCCCCC(O)CC(=O)NC(COP(=O)(O)OC1C(O)C(O)C(O)C(O)C1O)C(O)CCCCCCCCCCCCCCCCCCCCCCC. The molecule has 1 aliphatic carbocycles. The summed E-state index contributed by atoms with van der Waals surface area (Å²) in [6.07, 6.45) is 38.2. The van der Waals surface area contributed by atoms with Gasteiger partial charge in [0.1, 0.15) is 36.6 Å². The molecule has 70 heavy (non-hydrogen) atoms. The van der Waals surface area contributed by atoms with E-state index in [1.54, 1.807) is 0 Å². The molecule has 1 saturated carbocycles. The molecule has 0 aliphatic heterocycles. The molecule has 1 amide bonds. The molecule has 0 spiro atoms. The van der Waals surface area contributed by atoms with Crippen molar-refractivity contribution < 1.29 is 59.0 Å². The second-order valence-corrected chi connectivity index (χ2v) is 22.4. The van der Waals surface area contributed by atoms with E-state index in [2.05, 4.69) is 31.3 Å². The van der Waals surface area contributed by atoms with E-state index in [1.165, 1.54) is 167 Å². The largest absolute Gasteiger partial charge is 0.472 e. The molecule has 0 aromatic rings. The second kappa shape index (κ2) is 45.4. The molecule has 8 unspecified atom stereocenters. The first-order valence-electron chi connectivity index (χ1n) is 29.2. The highest BCUT2D eigenvalue weighted by Gasteiger charge is 2.51. The van der Waals surface area contributed by atoms with E-state index in [-0.39, 0.29) is 12.8 Å². The van der Waals surface area contributed by atoms with Crippen molar-refractivity contribution in [3.63, 3.8) is 0 Å². The summed E-state index contributed by atoms with van der Waals surface area (Å²) in [5, 5.41) is 75.1. The Morgan fingerprint density at radius 2 is 0.800 bits per heavy atom. The Balaban J connectivity index is 2.39. The predicted molar refractivity (Wildman–Crippen MR) is 284 cm³/mol. The van der Waals surface area contributed by atoms with Crippen LogP contribution in [0.2, 0.25) is 0 Å². The average Bonchev–Trinajstić information content (AvgIpc) is 3.34. The third-order valence-electron chi connectivity index (χ3n) is 14.4. The van der Waals surface area contributed by atoms with Crippen LogP contribution in [-0.2, 0) is 18.4 Å². The summed E-state index contributed by atoms with van der Waals surface area (Å²) >= 11 is 0. The van der Waals surface area contributed by atoms with Crippen LogP contribution in [0.4, 0.5) is 0 Å². The summed E-state index contributed by atoms with van der Waals surface area (Å²) in [6.45, 7) is 3.84. The van der Waals surface area contributed by atoms with Crippen LogP contribution in [-0.4, -0.2) is 108 Å². The van der Waals surface area contributed by atoms with Crippen LogP contribution in [0.25, 0.3) is 0 Å². The maximum absolute atomic E-state index is 13.1. The molecule has 0 bridgehead atoms. The molecular formula is C56H110NO12P. The fraction of sp³-hybridized carbons (Fsp3) is 0.946. The summed E-state index contributed by atoms with van der Waals surface area (Å²) in [4.78, 5) is 23.6. The van der Waals surface area contributed by atoms with Crippen molar-refractivity contribution >= 4 is 13.7 Å². The summed E-state index contributed by atoms with van der Waals surface area (Å²) < 4.78 is 23.1. The fourth-order valence-corrected chi connectivity index (χ4v) is 10.6. The van der Waals surface area contributed by atoms with Gasteiger partial charge in [-0.15, -0.1) is 0 Å². The van der Waals surface area contributed by atoms with Crippen molar-refractivity contribution in [3.8, 4) is 0 Å². The highest BCUT2D eigenvalue weighted by molar-refractivity contribution is 7.47. The molecule has 0 aromatic heterocycles. The Bertz CT molecular complexity index is 1250. The lowest BCUT2D eigenvalue weighted by Gasteiger charge is -2.41. The van der Waals surface area contributed by atoms with Crippen LogP contribution in [0.1, 0.15) is 277 Å². The zero-order chi connectivity index (χ0) is 51.5. The van der Waals surface area contributed by atoms with E-state index < -0.39 is 75.2 Å². The van der Waals surface area contributed by atoms with Gasteiger partial charge in [-0.2, -0.15) is 0 Å². The predicted octanol–water partition coefficient (Wildman–Crippen LogP) is 12.1. The van der Waals surface area contributed by atoms with E-state index in [4.69, 9.17) is 9.05 Å². The molecule has 1 fully saturated rings. The number of carbonyl (C=O) groups is 1. The van der Waals surface area contributed by atoms with Gasteiger partial charge >= 0.3 is 7.82 Å². The van der Waals surface area contributed by atoms with Crippen molar-refractivity contribution in [2.75, 3.05) is 6.61 Å². The summed E-state index contributed by atoms with van der Waals surface area (Å²) in [5.74, 6) is -0.560. The number of rotatable bonds is 50. The van der Waals surface area contributed by atoms with Crippen LogP contribution >= 0.6 is 7.82 Å². The molecule has 9 N–H and O–H groups in total. The number of hydrogen-bond acceptors (Lipinski definition) is 11. The van der Waals surface area contributed by atoms with Gasteiger partial charge in [0, 0.05) is 0 Å². The molecule has 14 heteroatoms. The Kier molecular flexibility index (Phi) is 43.5. The number of phosphoric ester groups is 1. The molecule has 1 rings (SSSR count). The van der Waals surface area contributed by atoms with Crippen molar-refractivity contribution in [2.24, 2.45) is 0 Å². The van der Waals surface area contributed by atoms with Gasteiger partial charge in [-0.05, 0) is 38.5 Å². The Morgan fingerprint density at radius 3 is 1.17 bits per heavy atom. The van der Waals surface area contributed by atoms with Gasteiger partial charge in [0.25, 0.3) is 0 Å². The number of nitrogens with one attached hydrogen (secondary N) is 1. The zero-order valence-corrected chi connectivity index (χ0v) is 45.6. The molecule has 0 radical (unpaired) electrons. The second-order valence-electron chi connectivity index (χ2n) is 21.0. The number of hydrogen-bond donors (Lipinski definition) is 9. The number of carbonyl (C=O) groups excluding carboxylic acids is 1. The maximum Gasteiger partial charge on any atom is 0.472 e. The quantitative estimate of drug-likeness (QED) is 0.0158. The summed E-state index contributed by atoms with van der Waals surface area (Å²) in [6, 6.07) is -1.16. The van der Waals surface area contributed by atoms with Crippen LogP contribution in [0, 0.1) is 0 Å². The standard InChI is InChI=1S/C56H110NO12P/c1-3-5-7-9-11-13-15-17-19-21-23-24-26-28-30-32-34-36-38-40-42-44-49(59)48(46-68-70(66,67)69-56-54(64)52(62)51(61)53(63)55(56)65)57-50(60)45-47(58)43-41-39-37-35-33-31-29-27-25-22-20-18-16-14-12-10-8-6-4-2/h27,29,47-49,51-56,58-59,61-65H,3-26,28,30-46H2,1-2H3,(H,57,60)(H,66,67)/b29-27-. The zero-order valence-electron chi connectivity index (χ0n) is 44.7. The van der Waals surface area contributed by atoms with Gasteiger partial charge < -0.3 is 46.0 Å². The number of phosphoric acid groups is 1. The Hall–Kier alpha value is -0.960. The normalized spacial score (nSPS) is 21.8. The monoisotopic (exact) mass is 1020 g/mol. The van der Waals surface area contributed by atoms with Gasteiger partial charge in [0.05, 0.1) is 31.3 Å². The average molecular weight is 1020 g/mol. The minimum Gasteiger partial charge on any atom is -0.393 e. The molecule has 8 atom stereocenters. The van der Waals surface area contributed by atoms with E-state index >= 15 is 0 Å². The van der Waals surface area contributed by atoms with Gasteiger partial charge in [-0.25, -0.2) is 4.57 Å². The number of aliphatic hydroxyl groups excluding tert-OH is 7. The highest BCUT2D eigenvalue weighted by Crippen LogP contribution is 2.47. The lowest BCUT2D eigenvalue weighted by molar-refractivity contribution is -0.220.